The Kier molecular flexibility index (Phi) is 4.41. The first-order valence-corrected chi connectivity index (χ1v) is 9.34. The minimum atomic E-state index is -0.137. The molecular formula is C16H20N8OS. The van der Waals surface area contributed by atoms with Crippen molar-refractivity contribution in [1.29, 1.82) is 0 Å². The summed E-state index contributed by atoms with van der Waals surface area (Å²) in [6.07, 6.45) is 4.36. The van der Waals surface area contributed by atoms with Crippen molar-refractivity contribution in [2.75, 3.05) is 30.4 Å². The number of nitrogens with zero attached hydrogens (tertiary/aromatic N) is 6. The second-order valence-corrected chi connectivity index (χ2v) is 7.33. The Morgan fingerprint density at radius 1 is 1.46 bits per heavy atom. The van der Waals surface area contributed by atoms with E-state index in [1.807, 2.05) is 24.2 Å². The maximum absolute atomic E-state index is 12.6. The summed E-state index contributed by atoms with van der Waals surface area (Å²) in [6.45, 7) is 3.56. The van der Waals surface area contributed by atoms with Gasteiger partial charge in [0.1, 0.15) is 23.3 Å². The number of piperidine rings is 1. The first kappa shape index (κ1) is 16.7. The molecule has 0 aliphatic carbocycles. The van der Waals surface area contributed by atoms with Gasteiger partial charge < -0.3 is 14.8 Å². The van der Waals surface area contributed by atoms with Gasteiger partial charge >= 0.3 is 6.03 Å². The number of rotatable bonds is 3. The number of aromatic amines is 1. The lowest BCUT2D eigenvalue weighted by atomic mass is 9.92. The van der Waals surface area contributed by atoms with Crippen molar-refractivity contribution >= 4 is 39.4 Å². The number of hydrogen-bond donors (Lipinski definition) is 2. The van der Waals surface area contributed by atoms with Gasteiger partial charge in [0, 0.05) is 26.3 Å². The molecule has 2 amide bonds. The number of fused-ring (bicyclic) bond motifs is 1. The zero-order valence-electron chi connectivity index (χ0n) is 14.6. The summed E-state index contributed by atoms with van der Waals surface area (Å²) in [5, 5.41) is 11.9. The number of H-pyrrole nitrogens is 1. The van der Waals surface area contributed by atoms with Crippen molar-refractivity contribution in [3.05, 3.63) is 24.1 Å². The Balaban J connectivity index is 1.53. The van der Waals surface area contributed by atoms with Crippen molar-refractivity contribution in [1.82, 2.24) is 30.0 Å². The van der Waals surface area contributed by atoms with Gasteiger partial charge in [0.05, 0.1) is 11.4 Å². The van der Waals surface area contributed by atoms with E-state index in [0.717, 1.165) is 29.8 Å². The molecule has 2 N–H and O–H groups in total. The quantitative estimate of drug-likeness (QED) is 0.730. The van der Waals surface area contributed by atoms with E-state index >= 15 is 0 Å². The van der Waals surface area contributed by atoms with Crippen molar-refractivity contribution in [3.63, 3.8) is 0 Å². The lowest BCUT2D eigenvalue weighted by Crippen LogP contribution is -2.53. The van der Waals surface area contributed by atoms with Crippen molar-refractivity contribution < 1.29 is 4.79 Å². The topological polar surface area (TPSA) is 103 Å². The second kappa shape index (κ2) is 6.87. The fourth-order valence-electron chi connectivity index (χ4n) is 3.43. The number of urea groups is 1. The van der Waals surface area contributed by atoms with Crippen molar-refractivity contribution in [3.8, 4) is 0 Å². The Morgan fingerprint density at radius 3 is 3.15 bits per heavy atom. The maximum Gasteiger partial charge on any atom is 0.323 e. The summed E-state index contributed by atoms with van der Waals surface area (Å²) < 4.78 is 0. The second-order valence-electron chi connectivity index (χ2n) is 6.50. The van der Waals surface area contributed by atoms with Crippen LogP contribution in [0.4, 0.5) is 15.7 Å². The fourth-order valence-corrected chi connectivity index (χ4v) is 3.87. The molecule has 3 aromatic rings. The van der Waals surface area contributed by atoms with Crippen LogP contribution in [0.5, 0.6) is 0 Å². The molecule has 0 saturated carbocycles. The molecule has 0 radical (unpaired) electrons. The van der Waals surface area contributed by atoms with Gasteiger partial charge in [-0.15, -0.1) is 10.2 Å². The molecular weight excluding hydrogens is 352 g/mol. The van der Waals surface area contributed by atoms with Gasteiger partial charge in [-0.3, -0.25) is 5.32 Å². The number of hydrogen-bond acceptors (Lipinski definition) is 7. The number of likely N-dealkylation sites (N-methyl/N-ethyl adjacent to an activating group) is 1. The first-order chi connectivity index (χ1) is 12.6. The number of nitrogens with one attached hydrogen (secondary N) is 2. The number of carbonyl (C=O) groups excluding carboxylic acids is 1. The van der Waals surface area contributed by atoms with E-state index in [9.17, 15) is 4.79 Å². The zero-order chi connectivity index (χ0) is 18.1. The molecule has 0 bridgehead atoms. The standard InChI is InChI=1S/C16H20N8OS/c1-10-4-6-24(16(25)21-15-22-20-9-26-15)7-12(10)23(2)14-11-3-5-17-13(11)18-8-19-14/h3,5,8-10,12H,4,6-7H2,1-2H3,(H,17,18,19)(H,21,22,25)/t10-,12+/m1/s1. The molecule has 10 heteroatoms. The molecule has 1 fully saturated rings. The van der Waals surface area contributed by atoms with E-state index in [4.69, 9.17) is 0 Å². The number of aromatic nitrogens is 5. The summed E-state index contributed by atoms with van der Waals surface area (Å²) in [7, 11) is 2.03. The Hall–Kier alpha value is -2.75. The summed E-state index contributed by atoms with van der Waals surface area (Å²) in [5.41, 5.74) is 2.41. The molecule has 1 aliphatic rings. The minimum absolute atomic E-state index is 0.137. The SMILES string of the molecule is C[C@@H]1CCN(C(=O)Nc2nncs2)C[C@@H]1N(C)c1ncnc2[nH]ccc12. The van der Waals surface area contributed by atoms with Crippen LogP contribution < -0.4 is 10.2 Å². The molecule has 136 valence electrons. The summed E-state index contributed by atoms with van der Waals surface area (Å²) in [4.78, 5) is 28.4. The van der Waals surface area contributed by atoms with Gasteiger partial charge in [-0.1, -0.05) is 18.3 Å². The van der Waals surface area contributed by atoms with Crippen LogP contribution in [0.1, 0.15) is 13.3 Å². The number of anilines is 2. The van der Waals surface area contributed by atoms with Crippen molar-refractivity contribution in [2.24, 2.45) is 5.92 Å². The lowest BCUT2D eigenvalue weighted by molar-refractivity contribution is 0.172. The number of likely N-dealkylation sites (tertiary alicyclic amines) is 1. The number of amides is 2. The molecule has 0 unspecified atom stereocenters. The highest BCUT2D eigenvalue weighted by molar-refractivity contribution is 7.13. The first-order valence-electron chi connectivity index (χ1n) is 8.46. The van der Waals surface area contributed by atoms with Crippen LogP contribution >= 0.6 is 11.3 Å². The number of carbonyl (C=O) groups is 1. The molecule has 4 rings (SSSR count). The normalized spacial score (nSPS) is 20.3. The third-order valence-electron chi connectivity index (χ3n) is 4.94. The molecule has 26 heavy (non-hydrogen) atoms. The fraction of sp³-hybridized carbons (Fsp3) is 0.438. The highest BCUT2D eigenvalue weighted by Gasteiger charge is 2.33. The molecule has 1 saturated heterocycles. The zero-order valence-corrected chi connectivity index (χ0v) is 15.4. The highest BCUT2D eigenvalue weighted by atomic mass is 32.1. The summed E-state index contributed by atoms with van der Waals surface area (Å²) in [6, 6.07) is 2.01. The van der Waals surface area contributed by atoms with Gasteiger partial charge in [-0.25, -0.2) is 14.8 Å². The van der Waals surface area contributed by atoms with Gasteiger partial charge in [-0.05, 0) is 18.4 Å². The predicted molar refractivity (Wildman–Crippen MR) is 100 cm³/mol. The molecule has 0 aromatic carbocycles. The van der Waals surface area contributed by atoms with Crippen LogP contribution in [0, 0.1) is 5.92 Å². The smallest absolute Gasteiger partial charge is 0.323 e. The summed E-state index contributed by atoms with van der Waals surface area (Å²) in [5.74, 6) is 1.31. The van der Waals surface area contributed by atoms with E-state index in [-0.39, 0.29) is 12.1 Å². The highest BCUT2D eigenvalue weighted by Crippen LogP contribution is 2.28. The van der Waals surface area contributed by atoms with E-state index < -0.39 is 0 Å². The molecule has 4 heterocycles. The largest absolute Gasteiger partial charge is 0.354 e. The molecule has 0 spiro atoms. The Morgan fingerprint density at radius 2 is 2.35 bits per heavy atom. The van der Waals surface area contributed by atoms with Crippen LogP contribution in [0.2, 0.25) is 0 Å². The van der Waals surface area contributed by atoms with Crippen molar-refractivity contribution in [2.45, 2.75) is 19.4 Å². The molecule has 2 atom stereocenters. The van der Waals surface area contributed by atoms with E-state index in [1.165, 1.54) is 11.3 Å². The van der Waals surface area contributed by atoms with Crippen LogP contribution in [-0.2, 0) is 0 Å². The Labute approximate surface area is 154 Å². The summed E-state index contributed by atoms with van der Waals surface area (Å²) >= 11 is 1.31. The van der Waals surface area contributed by atoms with Crippen LogP contribution in [0.3, 0.4) is 0 Å². The molecule has 1 aliphatic heterocycles. The van der Waals surface area contributed by atoms with E-state index in [0.29, 0.717) is 17.6 Å². The predicted octanol–water partition coefficient (Wildman–Crippen LogP) is 2.19. The van der Waals surface area contributed by atoms with E-state index in [2.05, 4.69) is 42.3 Å². The average Bonchev–Trinajstić information content (AvgIpc) is 3.32. The van der Waals surface area contributed by atoms with E-state index in [1.54, 1.807) is 11.8 Å². The monoisotopic (exact) mass is 372 g/mol. The van der Waals surface area contributed by atoms with Gasteiger partial charge in [0.15, 0.2) is 0 Å². The van der Waals surface area contributed by atoms with Gasteiger partial charge in [0.25, 0.3) is 0 Å². The minimum Gasteiger partial charge on any atom is -0.354 e. The average molecular weight is 372 g/mol. The van der Waals surface area contributed by atoms with Crippen LogP contribution in [0.25, 0.3) is 11.0 Å². The third-order valence-corrected chi connectivity index (χ3v) is 5.55. The van der Waals surface area contributed by atoms with Crippen LogP contribution in [-0.4, -0.2) is 62.3 Å². The Bertz CT molecular complexity index is 895. The lowest BCUT2D eigenvalue weighted by Gasteiger charge is -2.42. The molecule has 9 nitrogen and oxygen atoms in total. The molecule has 3 aromatic heterocycles. The van der Waals surface area contributed by atoms with Crippen LogP contribution in [0.15, 0.2) is 24.1 Å². The van der Waals surface area contributed by atoms with Gasteiger partial charge in [-0.2, -0.15) is 0 Å². The maximum atomic E-state index is 12.6. The third kappa shape index (κ3) is 3.07. The van der Waals surface area contributed by atoms with Gasteiger partial charge in [0.2, 0.25) is 5.13 Å².